The van der Waals surface area contributed by atoms with Crippen molar-refractivity contribution in [3.05, 3.63) is 143 Å². The molecule has 44 heavy (non-hydrogen) atoms. The second-order valence-corrected chi connectivity index (χ2v) is 10.0. The molecule has 5 aromatic carbocycles. The van der Waals surface area contributed by atoms with Gasteiger partial charge >= 0.3 is 0 Å². The lowest BCUT2D eigenvalue weighted by Crippen LogP contribution is -2.00. The number of rotatable bonds is 3. The molecule has 0 spiro atoms. The zero-order valence-corrected chi connectivity index (χ0v) is 22.9. The van der Waals surface area contributed by atoms with E-state index in [-0.39, 0.29) is 0 Å². The van der Waals surface area contributed by atoms with E-state index in [0.717, 1.165) is 33.0 Å². The molecule has 0 saturated heterocycles. The molecule has 7 aromatic rings. The van der Waals surface area contributed by atoms with E-state index in [2.05, 4.69) is 20.6 Å². The molecule has 0 radical (unpaired) electrons. The Morgan fingerprint density at radius 1 is 0.523 bits per heavy atom. The van der Waals surface area contributed by atoms with Crippen LogP contribution in [-0.4, -0.2) is 15.0 Å². The molecule has 0 N–H and O–H groups in total. The maximum atomic E-state index is 10.4. The fraction of sp³-hybridized carbons (Fsp3) is 0. The maximum absolute atomic E-state index is 10.4. The highest BCUT2D eigenvalue weighted by Crippen LogP contribution is 2.41. The van der Waals surface area contributed by atoms with Crippen LogP contribution >= 0.6 is 0 Å². The van der Waals surface area contributed by atoms with Gasteiger partial charge in [0.05, 0.1) is 65.0 Å². The van der Waals surface area contributed by atoms with E-state index in [4.69, 9.17) is 34.7 Å². The highest BCUT2D eigenvalue weighted by molar-refractivity contribution is 6.22. The Morgan fingerprint density at radius 3 is 1.52 bits per heavy atom. The van der Waals surface area contributed by atoms with Crippen molar-refractivity contribution < 1.29 is 0 Å². The number of aromatic nitrogens is 3. The Labute approximate surface area is 252 Å². The molecule has 0 amide bonds. The molecular formula is C37H17N7. The average Bonchev–Trinajstić information content (AvgIpc) is 3.10. The largest absolute Gasteiger partial charge is 0.247 e. The Hall–Kier alpha value is -6.93. The Kier molecular flexibility index (Phi) is 6.19. The summed E-state index contributed by atoms with van der Waals surface area (Å²) in [4.78, 5) is 26.0. The van der Waals surface area contributed by atoms with Crippen molar-refractivity contribution >= 4 is 49.8 Å². The van der Waals surface area contributed by atoms with Gasteiger partial charge in [-0.1, -0.05) is 91.0 Å². The highest BCUT2D eigenvalue weighted by atomic mass is 14.8. The minimum absolute atomic E-state index is 0.447. The molecule has 7 nitrogen and oxygen atoms in total. The van der Waals surface area contributed by atoms with E-state index in [1.165, 1.54) is 0 Å². The van der Waals surface area contributed by atoms with Crippen molar-refractivity contribution in [2.24, 2.45) is 0 Å². The first-order chi connectivity index (χ1) is 21.6. The fourth-order valence-corrected chi connectivity index (χ4v) is 5.45. The zero-order chi connectivity index (χ0) is 30.2. The number of pyridine rings is 1. The van der Waals surface area contributed by atoms with Crippen LogP contribution in [0.5, 0.6) is 0 Å². The van der Waals surface area contributed by atoms with Gasteiger partial charge < -0.3 is 0 Å². The van der Waals surface area contributed by atoms with Crippen molar-refractivity contribution in [2.45, 2.75) is 0 Å². The third-order valence-corrected chi connectivity index (χ3v) is 7.53. The van der Waals surface area contributed by atoms with Crippen LogP contribution in [0, 0.1) is 31.0 Å². The van der Waals surface area contributed by atoms with Crippen molar-refractivity contribution in [2.75, 3.05) is 0 Å². The second kappa shape index (κ2) is 10.5. The third kappa shape index (κ3) is 4.23. The Bertz CT molecular complexity index is 2450. The summed E-state index contributed by atoms with van der Waals surface area (Å²) in [5, 5.41) is 12.6. The number of nitriles is 1. The molecule has 2 aromatic heterocycles. The first-order valence-electron chi connectivity index (χ1n) is 13.5. The van der Waals surface area contributed by atoms with Crippen LogP contribution in [0.1, 0.15) is 5.56 Å². The van der Waals surface area contributed by atoms with Crippen molar-refractivity contribution in [1.82, 2.24) is 15.0 Å². The van der Waals surface area contributed by atoms with Crippen LogP contribution in [-0.2, 0) is 0 Å². The molecule has 0 saturated carbocycles. The molecule has 0 aliphatic carbocycles. The first kappa shape index (κ1) is 26.0. The van der Waals surface area contributed by atoms with Gasteiger partial charge in [-0.2, -0.15) is 5.26 Å². The summed E-state index contributed by atoms with van der Waals surface area (Å²) >= 11 is 0. The fourth-order valence-electron chi connectivity index (χ4n) is 5.45. The standard InChI is InChI=1S/C37H17N7/c1-39-26-14-8-22(9-15-26)34-33-32(29-6-4-5-7-30(29)42-34)25(21-38)20-31-37(33)44-36(24-12-18-28(41-3)19-13-24)35(43-31)23-10-16-27(40-2)17-11-23/h4-20H. The van der Waals surface area contributed by atoms with Gasteiger partial charge in [0.15, 0.2) is 17.1 Å². The number of fused-ring (bicyclic) bond motifs is 5. The molecule has 7 rings (SSSR count). The molecule has 0 atom stereocenters. The Balaban J connectivity index is 1.65. The first-order valence-corrected chi connectivity index (χ1v) is 13.5. The van der Waals surface area contributed by atoms with Crippen molar-refractivity contribution in [3.8, 4) is 39.8 Å². The third-order valence-electron chi connectivity index (χ3n) is 7.53. The second-order valence-electron chi connectivity index (χ2n) is 10.0. The molecule has 200 valence electrons. The predicted molar refractivity (Wildman–Crippen MR) is 172 cm³/mol. The predicted octanol–water partition coefficient (Wildman–Crippen LogP) is 9.86. The lowest BCUT2D eigenvalue weighted by molar-refractivity contribution is 1.30. The Morgan fingerprint density at radius 2 is 1.00 bits per heavy atom. The topological polar surface area (TPSA) is 75.5 Å². The van der Waals surface area contributed by atoms with Gasteiger partial charge in [-0.05, 0) is 28.8 Å². The molecule has 2 heterocycles. The minimum Gasteiger partial charge on any atom is -0.247 e. The number of hydrogen-bond donors (Lipinski definition) is 0. The van der Waals surface area contributed by atoms with Gasteiger partial charge in [-0.25, -0.2) is 29.5 Å². The number of hydrogen-bond acceptors (Lipinski definition) is 4. The lowest BCUT2D eigenvalue weighted by atomic mass is 9.94. The van der Waals surface area contributed by atoms with E-state index in [1.54, 1.807) is 42.5 Å². The molecule has 0 fully saturated rings. The van der Waals surface area contributed by atoms with Crippen LogP contribution < -0.4 is 0 Å². The summed E-state index contributed by atoms with van der Waals surface area (Å²) in [5.74, 6) is 0. The minimum atomic E-state index is 0.447. The van der Waals surface area contributed by atoms with Crippen molar-refractivity contribution in [3.63, 3.8) is 0 Å². The maximum Gasteiger partial charge on any atom is 0.187 e. The van der Waals surface area contributed by atoms with E-state index in [0.29, 0.717) is 56.1 Å². The van der Waals surface area contributed by atoms with E-state index >= 15 is 0 Å². The monoisotopic (exact) mass is 559 g/mol. The van der Waals surface area contributed by atoms with E-state index in [9.17, 15) is 5.26 Å². The smallest absolute Gasteiger partial charge is 0.187 e. The molecule has 0 unspecified atom stereocenters. The normalized spacial score (nSPS) is 10.6. The van der Waals surface area contributed by atoms with Crippen LogP contribution in [0.4, 0.5) is 17.1 Å². The molecular weight excluding hydrogens is 542 g/mol. The average molecular weight is 560 g/mol. The summed E-state index contributed by atoms with van der Waals surface area (Å²) in [6.07, 6.45) is 0. The zero-order valence-electron chi connectivity index (χ0n) is 22.9. The van der Waals surface area contributed by atoms with Gasteiger partial charge in [0.1, 0.15) is 0 Å². The van der Waals surface area contributed by atoms with Crippen LogP contribution in [0.3, 0.4) is 0 Å². The summed E-state index contributed by atoms with van der Waals surface area (Å²) < 4.78 is 0. The summed E-state index contributed by atoms with van der Waals surface area (Å²) in [7, 11) is 0. The van der Waals surface area contributed by atoms with E-state index in [1.807, 2.05) is 60.7 Å². The summed E-state index contributed by atoms with van der Waals surface area (Å²) in [5.41, 5.74) is 7.95. The summed E-state index contributed by atoms with van der Waals surface area (Å²) in [6, 6.07) is 33.4. The van der Waals surface area contributed by atoms with Crippen molar-refractivity contribution in [1.29, 1.82) is 5.26 Å². The van der Waals surface area contributed by atoms with Gasteiger partial charge in [-0.15, -0.1) is 0 Å². The van der Waals surface area contributed by atoms with Gasteiger partial charge in [0, 0.05) is 16.2 Å². The number of para-hydroxylation sites is 1. The molecule has 0 aliphatic rings. The molecule has 0 aliphatic heterocycles. The quantitative estimate of drug-likeness (QED) is 0.159. The number of benzene rings is 5. The number of nitrogens with zero attached hydrogens (tertiary/aromatic N) is 7. The molecule has 0 bridgehead atoms. The van der Waals surface area contributed by atoms with E-state index < -0.39 is 0 Å². The molecule has 7 heteroatoms. The van der Waals surface area contributed by atoms with Crippen LogP contribution in [0.25, 0.3) is 81.0 Å². The lowest BCUT2D eigenvalue weighted by Gasteiger charge is -2.16. The SMILES string of the molecule is [C-]#[N+]c1ccc(-c2nc3cc(C#N)c4c5ccccc5nc(-c5ccc([N+]#[C-])cc5)c4c3nc2-c2ccc([N+]#[C-])cc2)cc1. The highest BCUT2D eigenvalue weighted by Gasteiger charge is 2.21. The van der Waals surface area contributed by atoms with Crippen LogP contribution in [0.2, 0.25) is 0 Å². The van der Waals surface area contributed by atoms with Gasteiger partial charge in [-0.3, -0.25) is 0 Å². The van der Waals surface area contributed by atoms with Gasteiger partial charge in [0.2, 0.25) is 0 Å². The summed E-state index contributed by atoms with van der Waals surface area (Å²) in [6.45, 7) is 22.1. The van der Waals surface area contributed by atoms with Crippen LogP contribution in [0.15, 0.2) is 103 Å². The van der Waals surface area contributed by atoms with Gasteiger partial charge in [0.25, 0.3) is 0 Å².